The Bertz CT molecular complexity index is 1120. The van der Waals surface area contributed by atoms with Gasteiger partial charge in [-0.05, 0) is 37.0 Å². The summed E-state index contributed by atoms with van der Waals surface area (Å²) in [6.07, 6.45) is 9.07. The molecule has 1 unspecified atom stereocenters. The van der Waals surface area contributed by atoms with Gasteiger partial charge in [-0.1, -0.05) is 43.4 Å². The van der Waals surface area contributed by atoms with Crippen molar-refractivity contribution in [2.75, 3.05) is 17.8 Å². The molecule has 2 aromatic rings. The number of carbonyl (C=O) groups excluding carboxylic acids is 1. The Morgan fingerprint density at radius 3 is 2.55 bits per heavy atom. The zero-order chi connectivity index (χ0) is 22.8. The third kappa shape index (κ3) is 5.90. The van der Waals surface area contributed by atoms with E-state index < -0.39 is 26.6 Å². The van der Waals surface area contributed by atoms with Crippen LogP contribution in [0, 0.1) is 12.8 Å². The van der Waals surface area contributed by atoms with Gasteiger partial charge in [0.05, 0.1) is 38.5 Å². The van der Waals surface area contributed by atoms with E-state index in [2.05, 4.69) is 15.3 Å². The molecule has 1 fully saturated rings. The summed E-state index contributed by atoms with van der Waals surface area (Å²) in [5.41, 5.74) is 1.14. The fraction of sp³-hybridized carbons (Fsp3) is 0.476. The van der Waals surface area contributed by atoms with E-state index in [9.17, 15) is 17.4 Å². The minimum absolute atomic E-state index is 0.0443. The average molecular weight is 484 g/mol. The van der Waals surface area contributed by atoms with E-state index in [1.807, 2.05) is 0 Å². The number of amides is 1. The van der Waals surface area contributed by atoms with Crippen LogP contribution in [0.4, 0.5) is 5.82 Å². The first-order chi connectivity index (χ1) is 14.6. The lowest BCUT2D eigenvalue weighted by molar-refractivity contribution is -0.118. The zero-order valence-electron chi connectivity index (χ0n) is 17.7. The van der Waals surface area contributed by atoms with Crippen molar-refractivity contribution in [2.24, 2.45) is 5.92 Å². The van der Waals surface area contributed by atoms with Gasteiger partial charge in [0.1, 0.15) is 5.03 Å². The van der Waals surface area contributed by atoms with Crippen molar-refractivity contribution in [2.45, 2.75) is 54.9 Å². The molecule has 10 heteroatoms. The fourth-order valence-electron chi connectivity index (χ4n) is 3.93. The van der Waals surface area contributed by atoms with Crippen LogP contribution in [0.25, 0.3) is 0 Å². The summed E-state index contributed by atoms with van der Waals surface area (Å²) in [6, 6.07) is 4.68. The lowest BCUT2D eigenvalue weighted by atomic mass is 9.87. The smallest absolute Gasteiger partial charge is 0.233 e. The highest BCUT2D eigenvalue weighted by molar-refractivity contribution is 7.90. The summed E-state index contributed by atoms with van der Waals surface area (Å²) >= 11 is 6.25. The number of rotatable bonds is 7. The lowest BCUT2D eigenvalue weighted by Gasteiger charge is -2.21. The van der Waals surface area contributed by atoms with E-state index in [0.717, 1.165) is 31.9 Å². The number of carbonyl (C=O) groups is 1. The topological polar surface area (TPSA) is 106 Å². The van der Waals surface area contributed by atoms with Crippen molar-refractivity contribution in [3.8, 4) is 0 Å². The Kier molecular flexibility index (Phi) is 7.49. The quantitative estimate of drug-likeness (QED) is 0.640. The van der Waals surface area contributed by atoms with E-state index >= 15 is 0 Å². The van der Waals surface area contributed by atoms with Crippen molar-refractivity contribution in [3.63, 3.8) is 0 Å². The molecule has 0 aliphatic heterocycles. The molecule has 168 valence electrons. The largest absolute Gasteiger partial charge is 0.309 e. The van der Waals surface area contributed by atoms with Crippen LogP contribution in [-0.2, 0) is 25.4 Å². The van der Waals surface area contributed by atoms with Gasteiger partial charge in [0.15, 0.2) is 15.7 Å². The first-order valence-electron chi connectivity index (χ1n) is 10.0. The maximum absolute atomic E-state index is 13.3. The first kappa shape index (κ1) is 23.8. The van der Waals surface area contributed by atoms with Crippen molar-refractivity contribution < 1.29 is 17.4 Å². The van der Waals surface area contributed by atoms with Crippen LogP contribution in [-0.4, -0.2) is 41.0 Å². The number of aromatic nitrogens is 2. The molecule has 7 nitrogen and oxygen atoms in total. The number of hydrogen-bond donors (Lipinski definition) is 1. The van der Waals surface area contributed by atoms with Crippen molar-refractivity contribution >= 4 is 44.0 Å². The Labute approximate surface area is 190 Å². The van der Waals surface area contributed by atoms with Crippen LogP contribution in [0.15, 0.2) is 34.3 Å². The minimum Gasteiger partial charge on any atom is -0.309 e. The molecule has 1 aliphatic rings. The molecule has 0 saturated heterocycles. The summed E-state index contributed by atoms with van der Waals surface area (Å²) in [5, 5.41) is 3.30. The van der Waals surface area contributed by atoms with Gasteiger partial charge in [-0.25, -0.2) is 18.4 Å². The molecule has 1 saturated carbocycles. The number of benzene rings is 1. The molecule has 31 heavy (non-hydrogen) atoms. The van der Waals surface area contributed by atoms with Crippen LogP contribution in [0.5, 0.6) is 0 Å². The molecule has 2 atom stereocenters. The number of nitrogens with one attached hydrogen (secondary N) is 1. The van der Waals surface area contributed by atoms with Gasteiger partial charge >= 0.3 is 0 Å². The Hall–Kier alpha value is -1.84. The van der Waals surface area contributed by atoms with E-state index in [4.69, 9.17) is 11.6 Å². The molecule has 1 aromatic carbocycles. The summed E-state index contributed by atoms with van der Waals surface area (Å²) < 4.78 is 35.4. The predicted molar refractivity (Wildman–Crippen MR) is 122 cm³/mol. The average Bonchev–Trinajstić information content (AvgIpc) is 3.19. The number of sulfone groups is 1. The zero-order valence-corrected chi connectivity index (χ0v) is 20.1. The molecule has 1 aromatic heterocycles. The van der Waals surface area contributed by atoms with E-state index in [0.29, 0.717) is 34.4 Å². The van der Waals surface area contributed by atoms with Crippen molar-refractivity contribution in [3.05, 3.63) is 40.7 Å². The summed E-state index contributed by atoms with van der Waals surface area (Å²) in [7, 11) is -4.72. The number of hydrogen-bond acceptors (Lipinski definition) is 6. The van der Waals surface area contributed by atoms with Crippen LogP contribution in [0.1, 0.15) is 49.3 Å². The normalized spacial score (nSPS) is 16.8. The van der Waals surface area contributed by atoms with Crippen molar-refractivity contribution in [1.82, 2.24) is 9.97 Å². The Morgan fingerprint density at radius 2 is 2.00 bits per heavy atom. The molecule has 3 rings (SSSR count). The molecule has 0 bridgehead atoms. The van der Waals surface area contributed by atoms with Gasteiger partial charge in [-0.2, -0.15) is 0 Å². The number of anilines is 1. The highest BCUT2D eigenvalue weighted by Gasteiger charge is 2.28. The maximum atomic E-state index is 13.3. The molecule has 0 spiro atoms. The van der Waals surface area contributed by atoms with Gasteiger partial charge in [0.25, 0.3) is 0 Å². The second-order valence-corrected chi connectivity index (χ2v) is 11.7. The molecule has 1 heterocycles. The Balaban J connectivity index is 1.91. The maximum Gasteiger partial charge on any atom is 0.233 e. The standard InChI is InChI=1S/C21H26ClN3O4S2/c1-13-20(23-12-19(24-13)30(2)27)25-21(26)16(10-14-6-4-5-7-14)15-8-9-18(17(22)11-15)31(3,28)29/h8-9,11-12,14,16H,4-7,10H2,1-3H3,(H,23,25,26)/t16-,30?/m1/s1. The van der Waals surface area contributed by atoms with Crippen molar-refractivity contribution in [1.29, 1.82) is 0 Å². The molecular formula is C21H26ClN3O4S2. The van der Waals surface area contributed by atoms with Gasteiger partial charge in [-0.15, -0.1) is 0 Å². The highest BCUT2D eigenvalue weighted by Crippen LogP contribution is 2.36. The molecular weight excluding hydrogens is 458 g/mol. The van der Waals surface area contributed by atoms with Crippen LogP contribution < -0.4 is 5.32 Å². The summed E-state index contributed by atoms with van der Waals surface area (Å²) in [6.45, 7) is 1.70. The number of nitrogens with zero attached hydrogens (tertiary/aromatic N) is 2. The summed E-state index contributed by atoms with van der Waals surface area (Å²) in [5.74, 6) is -0.0242. The third-order valence-electron chi connectivity index (χ3n) is 5.58. The second-order valence-electron chi connectivity index (χ2n) is 7.99. The van der Waals surface area contributed by atoms with E-state index in [-0.39, 0.29) is 15.8 Å². The molecule has 1 amide bonds. The monoisotopic (exact) mass is 483 g/mol. The molecule has 1 N–H and O–H groups in total. The van der Waals surface area contributed by atoms with Crippen LogP contribution in [0.2, 0.25) is 5.02 Å². The minimum atomic E-state index is -3.46. The Morgan fingerprint density at radius 1 is 1.32 bits per heavy atom. The van der Waals surface area contributed by atoms with E-state index in [1.54, 1.807) is 19.1 Å². The lowest BCUT2D eigenvalue weighted by Crippen LogP contribution is -2.24. The highest BCUT2D eigenvalue weighted by atomic mass is 35.5. The van der Waals surface area contributed by atoms with Gasteiger partial charge in [0, 0.05) is 12.5 Å². The molecule has 0 radical (unpaired) electrons. The first-order valence-corrected chi connectivity index (χ1v) is 13.9. The third-order valence-corrected chi connectivity index (χ3v) is 7.94. The van der Waals surface area contributed by atoms with Gasteiger partial charge in [0.2, 0.25) is 5.91 Å². The second kappa shape index (κ2) is 9.75. The van der Waals surface area contributed by atoms with E-state index in [1.165, 1.54) is 18.5 Å². The SMILES string of the molecule is Cc1nc(S(C)=O)cnc1NC(=O)[C@H](CC1CCCC1)c1ccc(S(C)(=O)=O)c(Cl)c1. The molecule has 1 aliphatic carbocycles. The number of aryl methyl sites for hydroxylation is 1. The number of halogens is 1. The summed E-state index contributed by atoms with van der Waals surface area (Å²) in [4.78, 5) is 21.8. The van der Waals surface area contributed by atoms with Gasteiger partial charge < -0.3 is 5.32 Å². The van der Waals surface area contributed by atoms with Crippen LogP contribution in [0.3, 0.4) is 0 Å². The van der Waals surface area contributed by atoms with Gasteiger partial charge in [-0.3, -0.25) is 9.00 Å². The fourth-order valence-corrected chi connectivity index (χ4v) is 5.74. The predicted octanol–water partition coefficient (Wildman–Crippen LogP) is 3.88. The van der Waals surface area contributed by atoms with Crippen LogP contribution >= 0.6 is 11.6 Å².